The van der Waals surface area contributed by atoms with Gasteiger partial charge in [-0.3, -0.25) is 9.10 Å². The average Bonchev–Trinajstić information content (AvgIpc) is 2.54. The number of carbonyl (C=O) groups excluding carboxylic acids is 1. The first-order valence-electron chi connectivity index (χ1n) is 7.67. The molecule has 0 spiro atoms. The van der Waals surface area contributed by atoms with Gasteiger partial charge in [0.1, 0.15) is 5.75 Å². The molecule has 0 radical (unpaired) electrons. The van der Waals surface area contributed by atoms with E-state index in [1.165, 1.54) is 36.4 Å². The highest BCUT2D eigenvalue weighted by atomic mass is 35.5. The van der Waals surface area contributed by atoms with Crippen LogP contribution in [0.2, 0.25) is 10.0 Å². The summed E-state index contributed by atoms with van der Waals surface area (Å²) in [5, 5.41) is 10.1. The molecule has 0 fully saturated rings. The van der Waals surface area contributed by atoms with E-state index in [1.54, 1.807) is 6.92 Å². The molecule has 0 aliphatic rings. The summed E-state index contributed by atoms with van der Waals surface area (Å²) >= 11 is 12.0. The molecule has 140 valence electrons. The van der Waals surface area contributed by atoms with Crippen molar-refractivity contribution in [3.63, 3.8) is 0 Å². The highest BCUT2D eigenvalue weighted by molar-refractivity contribution is 7.92. The summed E-state index contributed by atoms with van der Waals surface area (Å²) in [4.78, 5) is 11.6. The Balaban J connectivity index is 2.47. The van der Waals surface area contributed by atoms with Gasteiger partial charge in [-0.2, -0.15) is 0 Å². The van der Waals surface area contributed by atoms with Gasteiger partial charge in [0, 0.05) is 22.7 Å². The molecule has 0 saturated carbocycles. The molecule has 0 unspecified atom stereocenters. The standard InChI is InChI=1S/C17H17Cl2NO5S/c1-2-25-17(22)6-7-20(14-9-12(18)8-13(19)10-14)26(23,24)16-5-3-4-15(21)11-16/h3-5,8-11,21H,2,6-7H2,1H3. The number of phenols is 1. The first kappa shape index (κ1) is 20.4. The van der Waals surface area contributed by atoms with Gasteiger partial charge in [-0.25, -0.2) is 8.42 Å². The molecule has 2 aromatic carbocycles. The van der Waals surface area contributed by atoms with Gasteiger partial charge < -0.3 is 9.84 Å². The van der Waals surface area contributed by atoms with Crippen molar-refractivity contribution >= 4 is 44.9 Å². The van der Waals surface area contributed by atoms with Crippen molar-refractivity contribution in [2.24, 2.45) is 0 Å². The lowest BCUT2D eigenvalue weighted by molar-refractivity contribution is -0.142. The Kier molecular flexibility index (Phi) is 6.75. The summed E-state index contributed by atoms with van der Waals surface area (Å²) < 4.78 is 32.0. The average molecular weight is 418 g/mol. The highest BCUT2D eigenvalue weighted by Gasteiger charge is 2.26. The topological polar surface area (TPSA) is 83.9 Å². The second-order valence-electron chi connectivity index (χ2n) is 5.26. The van der Waals surface area contributed by atoms with Crippen molar-refractivity contribution in [1.82, 2.24) is 0 Å². The van der Waals surface area contributed by atoms with E-state index in [9.17, 15) is 18.3 Å². The minimum Gasteiger partial charge on any atom is -0.508 e. The van der Waals surface area contributed by atoms with E-state index in [2.05, 4.69) is 0 Å². The van der Waals surface area contributed by atoms with Crippen molar-refractivity contribution < 1.29 is 23.1 Å². The molecule has 6 nitrogen and oxygen atoms in total. The van der Waals surface area contributed by atoms with Crippen LogP contribution < -0.4 is 4.31 Å². The van der Waals surface area contributed by atoms with E-state index in [4.69, 9.17) is 27.9 Å². The Morgan fingerprint density at radius 2 is 1.81 bits per heavy atom. The van der Waals surface area contributed by atoms with Crippen LogP contribution in [0.25, 0.3) is 0 Å². The van der Waals surface area contributed by atoms with Crippen LogP contribution in [-0.2, 0) is 19.6 Å². The smallest absolute Gasteiger partial charge is 0.307 e. The zero-order chi connectivity index (χ0) is 19.3. The van der Waals surface area contributed by atoms with Gasteiger partial charge in [-0.05, 0) is 37.3 Å². The molecule has 26 heavy (non-hydrogen) atoms. The summed E-state index contributed by atoms with van der Waals surface area (Å²) in [6.07, 6.45) is -0.157. The molecule has 9 heteroatoms. The third-order valence-electron chi connectivity index (χ3n) is 3.37. The van der Waals surface area contributed by atoms with Gasteiger partial charge in [0.05, 0.1) is 23.6 Å². The SMILES string of the molecule is CCOC(=O)CCN(c1cc(Cl)cc(Cl)c1)S(=O)(=O)c1cccc(O)c1. The number of anilines is 1. The van der Waals surface area contributed by atoms with Gasteiger partial charge in [-0.1, -0.05) is 29.3 Å². The highest BCUT2D eigenvalue weighted by Crippen LogP contribution is 2.30. The number of benzene rings is 2. The molecule has 1 N–H and O–H groups in total. The van der Waals surface area contributed by atoms with Gasteiger partial charge in [0.15, 0.2) is 0 Å². The molecule has 0 aliphatic carbocycles. The van der Waals surface area contributed by atoms with Gasteiger partial charge in [0.25, 0.3) is 10.0 Å². The number of phenolic OH excluding ortho intramolecular Hbond substituents is 1. The largest absolute Gasteiger partial charge is 0.508 e. The van der Waals surface area contributed by atoms with E-state index in [0.29, 0.717) is 0 Å². The maximum Gasteiger partial charge on any atom is 0.307 e. The summed E-state index contributed by atoms with van der Waals surface area (Å²) in [5.41, 5.74) is 0.204. The summed E-state index contributed by atoms with van der Waals surface area (Å²) in [7, 11) is -4.07. The summed E-state index contributed by atoms with van der Waals surface area (Å²) in [6, 6.07) is 9.57. The predicted molar refractivity (Wildman–Crippen MR) is 100 cm³/mol. The molecule has 0 saturated heterocycles. The number of carbonyl (C=O) groups is 1. The zero-order valence-electron chi connectivity index (χ0n) is 13.9. The molecular formula is C17H17Cl2NO5S. The quantitative estimate of drug-likeness (QED) is 0.691. The number of rotatable bonds is 7. The molecule has 0 heterocycles. The first-order chi connectivity index (χ1) is 12.2. The van der Waals surface area contributed by atoms with Crippen LogP contribution in [-0.4, -0.2) is 32.6 Å². The van der Waals surface area contributed by atoms with Gasteiger partial charge in [0.2, 0.25) is 0 Å². The molecule has 0 bridgehead atoms. The monoisotopic (exact) mass is 417 g/mol. The van der Waals surface area contributed by atoms with Crippen LogP contribution in [0.1, 0.15) is 13.3 Å². The first-order valence-corrected chi connectivity index (χ1v) is 9.87. The lowest BCUT2D eigenvalue weighted by Gasteiger charge is -2.24. The van der Waals surface area contributed by atoms with E-state index in [0.717, 1.165) is 10.4 Å². The van der Waals surface area contributed by atoms with Crippen molar-refractivity contribution in [3.8, 4) is 5.75 Å². The lowest BCUT2D eigenvalue weighted by Crippen LogP contribution is -2.33. The predicted octanol–water partition coefficient (Wildman–Crippen LogP) is 3.85. The number of hydrogen-bond donors (Lipinski definition) is 1. The van der Waals surface area contributed by atoms with E-state index in [1.807, 2.05) is 0 Å². The minimum atomic E-state index is -4.07. The van der Waals surface area contributed by atoms with E-state index >= 15 is 0 Å². The van der Waals surface area contributed by atoms with Crippen LogP contribution in [0.15, 0.2) is 47.4 Å². The number of nitrogens with zero attached hydrogens (tertiary/aromatic N) is 1. The number of esters is 1. The Bertz CT molecular complexity index is 882. The summed E-state index contributed by atoms with van der Waals surface area (Å²) in [6.45, 7) is 1.69. The number of ether oxygens (including phenoxy) is 1. The third kappa shape index (κ3) is 5.03. The second-order valence-corrected chi connectivity index (χ2v) is 7.99. The number of hydrogen-bond acceptors (Lipinski definition) is 5. The molecule has 0 atom stereocenters. The van der Waals surface area contributed by atoms with E-state index < -0.39 is 16.0 Å². The molecular weight excluding hydrogens is 401 g/mol. The van der Waals surface area contributed by atoms with Crippen molar-refractivity contribution in [3.05, 3.63) is 52.5 Å². The number of sulfonamides is 1. The molecule has 2 aromatic rings. The van der Waals surface area contributed by atoms with Gasteiger partial charge in [-0.15, -0.1) is 0 Å². The number of halogens is 2. The molecule has 0 aliphatic heterocycles. The van der Waals surface area contributed by atoms with E-state index in [-0.39, 0.29) is 46.0 Å². The van der Waals surface area contributed by atoms with Crippen LogP contribution in [0.3, 0.4) is 0 Å². The Hall–Kier alpha value is -1.96. The molecule has 2 rings (SSSR count). The van der Waals surface area contributed by atoms with Crippen molar-refractivity contribution in [2.45, 2.75) is 18.2 Å². The number of aromatic hydroxyl groups is 1. The van der Waals surface area contributed by atoms with Crippen LogP contribution in [0.5, 0.6) is 5.75 Å². The fraction of sp³-hybridized carbons (Fsp3) is 0.235. The zero-order valence-corrected chi connectivity index (χ0v) is 16.2. The Morgan fingerprint density at radius 1 is 1.15 bits per heavy atom. The fourth-order valence-corrected chi connectivity index (χ4v) is 4.27. The van der Waals surface area contributed by atoms with Crippen molar-refractivity contribution in [1.29, 1.82) is 0 Å². The Morgan fingerprint density at radius 3 is 2.38 bits per heavy atom. The van der Waals surface area contributed by atoms with Crippen LogP contribution in [0, 0.1) is 0 Å². The maximum absolute atomic E-state index is 13.1. The van der Waals surface area contributed by atoms with Crippen molar-refractivity contribution in [2.75, 3.05) is 17.5 Å². The normalized spacial score (nSPS) is 11.2. The molecule has 0 aromatic heterocycles. The second kappa shape index (κ2) is 8.62. The maximum atomic E-state index is 13.1. The third-order valence-corrected chi connectivity index (χ3v) is 5.63. The summed E-state index contributed by atoms with van der Waals surface area (Å²) in [5.74, 6) is -0.725. The Labute approximate surface area is 162 Å². The minimum absolute atomic E-state index is 0.127. The lowest BCUT2D eigenvalue weighted by atomic mass is 10.3. The fourth-order valence-electron chi connectivity index (χ4n) is 2.27. The molecule has 0 amide bonds. The van der Waals surface area contributed by atoms with Gasteiger partial charge >= 0.3 is 5.97 Å². The van der Waals surface area contributed by atoms with Crippen LogP contribution in [0.4, 0.5) is 5.69 Å². The van der Waals surface area contributed by atoms with Crippen LogP contribution >= 0.6 is 23.2 Å².